The summed E-state index contributed by atoms with van der Waals surface area (Å²) in [7, 11) is 0. The normalized spacial score (nSPS) is 19.2. The van der Waals surface area contributed by atoms with Crippen molar-refractivity contribution in [3.63, 3.8) is 0 Å². The topological polar surface area (TPSA) is 50.2 Å². The van der Waals surface area contributed by atoms with Crippen LogP contribution in [0.25, 0.3) is 0 Å². The average molecular weight is 217 g/mol. The number of carboxylic acid groups (broad SMARTS) is 1. The fraction of sp³-hybridized carbons (Fsp3) is 0.538. The SMILES string of the molecule is O=C(O)c1cnc2c(c1C1CC1)CCCC2. The Kier molecular flexibility index (Phi) is 2.20. The number of pyridine rings is 1. The van der Waals surface area contributed by atoms with Gasteiger partial charge in [0.05, 0.1) is 5.56 Å². The van der Waals surface area contributed by atoms with Gasteiger partial charge in [0.1, 0.15) is 0 Å². The van der Waals surface area contributed by atoms with Gasteiger partial charge in [0.2, 0.25) is 0 Å². The Morgan fingerprint density at radius 3 is 2.75 bits per heavy atom. The van der Waals surface area contributed by atoms with Crippen LogP contribution in [0.2, 0.25) is 0 Å². The molecule has 2 aliphatic carbocycles. The molecule has 3 nitrogen and oxygen atoms in total. The molecule has 1 saturated carbocycles. The Balaban J connectivity index is 2.17. The van der Waals surface area contributed by atoms with Crippen molar-refractivity contribution >= 4 is 5.97 Å². The summed E-state index contributed by atoms with van der Waals surface area (Å²) in [5.41, 5.74) is 3.96. The molecule has 0 amide bonds. The number of nitrogens with zero attached hydrogens (tertiary/aromatic N) is 1. The first-order valence-electron chi connectivity index (χ1n) is 6.01. The molecule has 84 valence electrons. The summed E-state index contributed by atoms with van der Waals surface area (Å²) < 4.78 is 0. The van der Waals surface area contributed by atoms with Gasteiger partial charge in [-0.25, -0.2) is 4.79 Å². The molecule has 0 unspecified atom stereocenters. The smallest absolute Gasteiger partial charge is 0.337 e. The Morgan fingerprint density at radius 1 is 1.31 bits per heavy atom. The molecule has 1 heterocycles. The molecule has 3 rings (SSSR count). The molecule has 1 aromatic heterocycles. The van der Waals surface area contributed by atoms with Gasteiger partial charge in [-0.15, -0.1) is 0 Å². The lowest BCUT2D eigenvalue weighted by Gasteiger charge is -2.19. The number of hydrogen-bond acceptors (Lipinski definition) is 2. The summed E-state index contributed by atoms with van der Waals surface area (Å²) in [5.74, 6) is -0.316. The lowest BCUT2D eigenvalue weighted by atomic mass is 9.88. The number of aromatic carboxylic acids is 1. The van der Waals surface area contributed by atoms with Crippen LogP contribution in [0.15, 0.2) is 6.20 Å². The Labute approximate surface area is 94.5 Å². The molecule has 0 bridgehead atoms. The zero-order valence-electron chi connectivity index (χ0n) is 9.20. The zero-order chi connectivity index (χ0) is 11.1. The minimum atomic E-state index is -0.817. The van der Waals surface area contributed by atoms with E-state index in [1.807, 2.05) is 0 Å². The highest BCUT2D eigenvalue weighted by Crippen LogP contribution is 2.45. The van der Waals surface area contributed by atoms with Gasteiger partial charge >= 0.3 is 5.97 Å². The Hall–Kier alpha value is -1.38. The minimum Gasteiger partial charge on any atom is -0.478 e. The van der Waals surface area contributed by atoms with Crippen molar-refractivity contribution in [2.24, 2.45) is 0 Å². The van der Waals surface area contributed by atoms with Crippen LogP contribution in [0, 0.1) is 0 Å². The fourth-order valence-corrected chi connectivity index (χ4v) is 2.71. The molecular weight excluding hydrogens is 202 g/mol. The summed E-state index contributed by atoms with van der Waals surface area (Å²) in [5, 5.41) is 9.20. The molecule has 16 heavy (non-hydrogen) atoms. The number of aryl methyl sites for hydroxylation is 1. The Morgan fingerprint density at radius 2 is 2.06 bits per heavy atom. The molecule has 3 heteroatoms. The van der Waals surface area contributed by atoms with Gasteiger partial charge in [0, 0.05) is 11.9 Å². The van der Waals surface area contributed by atoms with Gasteiger partial charge in [0.15, 0.2) is 0 Å². The third kappa shape index (κ3) is 1.51. The number of carboxylic acids is 1. The van der Waals surface area contributed by atoms with E-state index in [0.29, 0.717) is 11.5 Å². The van der Waals surface area contributed by atoms with Gasteiger partial charge in [-0.3, -0.25) is 4.98 Å². The van der Waals surface area contributed by atoms with Gasteiger partial charge in [-0.05, 0) is 55.6 Å². The standard InChI is InChI=1S/C13H15NO2/c15-13(16)10-7-14-11-4-2-1-3-9(11)12(10)8-5-6-8/h7-8H,1-6H2,(H,15,16). The summed E-state index contributed by atoms with van der Waals surface area (Å²) in [6, 6.07) is 0. The van der Waals surface area contributed by atoms with Crippen LogP contribution >= 0.6 is 0 Å². The maximum absolute atomic E-state index is 11.2. The van der Waals surface area contributed by atoms with E-state index in [4.69, 9.17) is 0 Å². The van der Waals surface area contributed by atoms with Crippen LogP contribution in [-0.4, -0.2) is 16.1 Å². The molecule has 0 aliphatic heterocycles. The molecule has 1 N–H and O–H groups in total. The summed E-state index contributed by atoms with van der Waals surface area (Å²) in [4.78, 5) is 15.5. The molecule has 1 aromatic rings. The van der Waals surface area contributed by atoms with Crippen LogP contribution in [0.4, 0.5) is 0 Å². The van der Waals surface area contributed by atoms with E-state index in [1.54, 1.807) is 6.20 Å². The lowest BCUT2D eigenvalue weighted by molar-refractivity contribution is 0.0695. The zero-order valence-corrected chi connectivity index (χ0v) is 9.20. The maximum Gasteiger partial charge on any atom is 0.337 e. The average Bonchev–Trinajstić information content (AvgIpc) is 3.11. The fourth-order valence-electron chi connectivity index (χ4n) is 2.71. The number of carbonyl (C=O) groups is 1. The Bertz CT molecular complexity index is 449. The van der Waals surface area contributed by atoms with Gasteiger partial charge < -0.3 is 5.11 Å². The third-order valence-corrected chi connectivity index (χ3v) is 3.62. The number of aromatic nitrogens is 1. The van der Waals surface area contributed by atoms with E-state index in [1.165, 1.54) is 18.4 Å². The van der Waals surface area contributed by atoms with Crippen LogP contribution in [-0.2, 0) is 12.8 Å². The second-order valence-electron chi connectivity index (χ2n) is 4.80. The molecule has 2 aliphatic rings. The molecule has 0 atom stereocenters. The molecule has 0 aromatic carbocycles. The van der Waals surface area contributed by atoms with Crippen LogP contribution in [0.5, 0.6) is 0 Å². The monoisotopic (exact) mass is 217 g/mol. The van der Waals surface area contributed by atoms with Crippen LogP contribution in [0.3, 0.4) is 0 Å². The number of hydrogen-bond donors (Lipinski definition) is 1. The second-order valence-corrected chi connectivity index (χ2v) is 4.80. The first kappa shape index (κ1) is 9.82. The largest absolute Gasteiger partial charge is 0.478 e. The highest BCUT2D eigenvalue weighted by atomic mass is 16.4. The summed E-state index contributed by atoms with van der Waals surface area (Å²) in [6.45, 7) is 0. The molecule has 0 spiro atoms. The highest BCUT2D eigenvalue weighted by Gasteiger charge is 2.32. The van der Waals surface area contributed by atoms with Crippen molar-refractivity contribution < 1.29 is 9.90 Å². The van der Waals surface area contributed by atoms with Gasteiger partial charge in [-0.2, -0.15) is 0 Å². The lowest BCUT2D eigenvalue weighted by Crippen LogP contribution is -2.13. The van der Waals surface area contributed by atoms with E-state index in [9.17, 15) is 9.90 Å². The molecule has 0 radical (unpaired) electrons. The third-order valence-electron chi connectivity index (χ3n) is 3.62. The first-order chi connectivity index (χ1) is 7.77. The summed E-state index contributed by atoms with van der Waals surface area (Å²) >= 11 is 0. The van der Waals surface area contributed by atoms with E-state index in [0.717, 1.165) is 36.9 Å². The van der Waals surface area contributed by atoms with E-state index in [2.05, 4.69) is 4.98 Å². The van der Waals surface area contributed by atoms with Crippen LogP contribution < -0.4 is 0 Å². The van der Waals surface area contributed by atoms with Crippen molar-refractivity contribution in [1.82, 2.24) is 4.98 Å². The van der Waals surface area contributed by atoms with Gasteiger partial charge in [-0.1, -0.05) is 0 Å². The van der Waals surface area contributed by atoms with Crippen molar-refractivity contribution in [1.29, 1.82) is 0 Å². The van der Waals surface area contributed by atoms with Crippen molar-refractivity contribution in [2.75, 3.05) is 0 Å². The molecule has 1 fully saturated rings. The van der Waals surface area contributed by atoms with Crippen molar-refractivity contribution in [3.05, 3.63) is 28.6 Å². The van der Waals surface area contributed by atoms with Gasteiger partial charge in [0.25, 0.3) is 0 Å². The van der Waals surface area contributed by atoms with E-state index < -0.39 is 5.97 Å². The predicted octanol–water partition coefficient (Wildman–Crippen LogP) is 2.54. The maximum atomic E-state index is 11.2. The molecular formula is C13H15NO2. The van der Waals surface area contributed by atoms with E-state index >= 15 is 0 Å². The van der Waals surface area contributed by atoms with Crippen molar-refractivity contribution in [2.45, 2.75) is 44.4 Å². The predicted molar refractivity (Wildman–Crippen MR) is 59.8 cm³/mol. The minimum absolute atomic E-state index is 0.447. The van der Waals surface area contributed by atoms with E-state index in [-0.39, 0.29) is 0 Å². The number of fused-ring (bicyclic) bond motifs is 1. The number of rotatable bonds is 2. The quantitative estimate of drug-likeness (QED) is 0.828. The molecule has 0 saturated heterocycles. The van der Waals surface area contributed by atoms with Crippen molar-refractivity contribution in [3.8, 4) is 0 Å². The van der Waals surface area contributed by atoms with Crippen LogP contribution in [0.1, 0.15) is 58.8 Å². The highest BCUT2D eigenvalue weighted by molar-refractivity contribution is 5.90. The summed E-state index contributed by atoms with van der Waals surface area (Å²) in [6.07, 6.45) is 8.28. The first-order valence-corrected chi connectivity index (χ1v) is 6.01. The second kappa shape index (κ2) is 3.58.